The van der Waals surface area contributed by atoms with E-state index >= 15 is 0 Å². The van der Waals surface area contributed by atoms with Crippen molar-refractivity contribution in [2.45, 2.75) is 270 Å². The van der Waals surface area contributed by atoms with Gasteiger partial charge in [-0.25, -0.2) is 4.98 Å². The molecule has 1 saturated heterocycles. The SMILES string of the molecule is CCCCCCCCCCCOC(=O)CCCCCN1CC(OC(=O)CCn2ccnc2)CC1COCCCCCCCC(=O)OC(CCCCCCCC)CCCCCCCC. The number of hydrogen-bond acceptors (Lipinski definition) is 9. The molecule has 1 aromatic heterocycles. The van der Waals surface area contributed by atoms with Gasteiger partial charge in [-0.05, 0) is 64.3 Å². The smallest absolute Gasteiger partial charge is 0.307 e. The molecule has 10 heteroatoms. The van der Waals surface area contributed by atoms with E-state index in [1.54, 1.807) is 12.5 Å². The Kier molecular flexibility index (Phi) is 36.9. The highest BCUT2D eigenvalue weighted by Gasteiger charge is 2.34. The van der Waals surface area contributed by atoms with Gasteiger partial charge < -0.3 is 23.5 Å². The largest absolute Gasteiger partial charge is 0.466 e. The van der Waals surface area contributed by atoms with Gasteiger partial charge in [-0.3, -0.25) is 19.3 Å². The van der Waals surface area contributed by atoms with Crippen LogP contribution in [-0.4, -0.2) is 83.5 Å². The minimum Gasteiger partial charge on any atom is -0.466 e. The highest BCUT2D eigenvalue weighted by molar-refractivity contribution is 5.70. The number of hydrogen-bond donors (Lipinski definition) is 0. The van der Waals surface area contributed by atoms with Gasteiger partial charge in [0.1, 0.15) is 12.2 Å². The number of ether oxygens (including phenoxy) is 4. The highest BCUT2D eigenvalue weighted by Crippen LogP contribution is 2.23. The minimum atomic E-state index is -0.175. The standard InChI is InChI=1S/C53H97N3O7/c1-4-7-10-13-16-17-18-24-32-43-61-51(57)35-29-25-30-39-56-45-50(63-53(59)37-40-55-41-38-54-47-55)44-48(56)46-60-42-31-23-19-22-28-36-52(58)62-49(33-26-20-14-11-8-5-2)34-27-21-15-12-9-6-3/h38,41,47-50H,4-37,39-40,42-46H2,1-3H3. The molecule has 2 rings (SSSR count). The molecule has 1 aliphatic rings. The van der Waals surface area contributed by atoms with E-state index in [4.69, 9.17) is 18.9 Å². The fraction of sp³-hybridized carbons (Fsp3) is 0.887. The lowest BCUT2D eigenvalue weighted by Gasteiger charge is -2.23. The first kappa shape index (κ1) is 56.7. The van der Waals surface area contributed by atoms with Crippen LogP contribution in [0.15, 0.2) is 18.7 Å². The van der Waals surface area contributed by atoms with Crippen LogP contribution in [0.5, 0.6) is 0 Å². The van der Waals surface area contributed by atoms with E-state index in [2.05, 4.69) is 30.7 Å². The summed E-state index contributed by atoms with van der Waals surface area (Å²) >= 11 is 0. The first-order valence-corrected chi connectivity index (χ1v) is 26.8. The topological polar surface area (TPSA) is 109 Å². The Morgan fingerprint density at radius 3 is 1.68 bits per heavy atom. The number of carbonyl (C=O) groups excluding carboxylic acids is 3. The monoisotopic (exact) mass is 888 g/mol. The molecular weight excluding hydrogens is 791 g/mol. The molecule has 0 aliphatic carbocycles. The summed E-state index contributed by atoms with van der Waals surface area (Å²) in [6.45, 7) is 10.8. The van der Waals surface area contributed by atoms with Crippen LogP contribution >= 0.6 is 0 Å². The van der Waals surface area contributed by atoms with Gasteiger partial charge in [0, 0.05) is 57.4 Å². The summed E-state index contributed by atoms with van der Waals surface area (Å²) in [6, 6.07) is 0.203. The molecule has 1 aromatic rings. The Morgan fingerprint density at radius 2 is 1.10 bits per heavy atom. The van der Waals surface area contributed by atoms with Crippen LogP contribution in [-0.2, 0) is 39.9 Å². The summed E-state index contributed by atoms with van der Waals surface area (Å²) in [7, 11) is 0. The molecule has 0 aromatic carbocycles. The summed E-state index contributed by atoms with van der Waals surface area (Å²) < 4.78 is 25.6. The van der Waals surface area contributed by atoms with Gasteiger partial charge in [-0.1, -0.05) is 162 Å². The van der Waals surface area contributed by atoms with Crippen LogP contribution in [0.1, 0.15) is 245 Å². The third-order valence-corrected chi connectivity index (χ3v) is 12.8. The molecule has 366 valence electrons. The van der Waals surface area contributed by atoms with Crippen molar-refractivity contribution in [1.82, 2.24) is 14.5 Å². The number of aromatic nitrogens is 2. The number of nitrogens with zero attached hydrogens (tertiary/aromatic N) is 3. The van der Waals surface area contributed by atoms with E-state index in [-0.39, 0.29) is 36.2 Å². The van der Waals surface area contributed by atoms with Crippen LogP contribution in [0, 0.1) is 0 Å². The molecule has 1 fully saturated rings. The molecule has 10 nitrogen and oxygen atoms in total. The molecule has 0 bridgehead atoms. The normalized spacial score (nSPS) is 15.4. The maximum atomic E-state index is 12.8. The molecule has 0 saturated carbocycles. The van der Waals surface area contributed by atoms with Crippen molar-refractivity contribution in [2.75, 3.05) is 32.9 Å². The summed E-state index contributed by atoms with van der Waals surface area (Å²) in [5, 5.41) is 0. The van der Waals surface area contributed by atoms with Gasteiger partial charge in [0.15, 0.2) is 0 Å². The maximum absolute atomic E-state index is 12.8. The molecule has 0 amide bonds. The first-order chi connectivity index (χ1) is 30.9. The van der Waals surface area contributed by atoms with Gasteiger partial charge in [0.2, 0.25) is 0 Å². The number of carbonyl (C=O) groups is 3. The van der Waals surface area contributed by atoms with Crippen LogP contribution in [0.4, 0.5) is 0 Å². The van der Waals surface area contributed by atoms with E-state index in [1.165, 1.54) is 122 Å². The summed E-state index contributed by atoms with van der Waals surface area (Å²) in [6.07, 6.45) is 43.8. The van der Waals surface area contributed by atoms with Crippen molar-refractivity contribution >= 4 is 17.9 Å². The molecule has 1 aliphatic heterocycles. The molecule has 2 unspecified atom stereocenters. The number of esters is 3. The fourth-order valence-electron chi connectivity index (χ4n) is 8.82. The molecule has 0 radical (unpaired) electrons. The lowest BCUT2D eigenvalue weighted by atomic mass is 10.0. The third-order valence-electron chi connectivity index (χ3n) is 12.8. The third kappa shape index (κ3) is 32.8. The van der Waals surface area contributed by atoms with Crippen molar-refractivity contribution in [2.24, 2.45) is 0 Å². The lowest BCUT2D eigenvalue weighted by molar-refractivity contribution is -0.150. The molecule has 0 spiro atoms. The van der Waals surface area contributed by atoms with Crippen LogP contribution in [0.2, 0.25) is 0 Å². The summed E-state index contributed by atoms with van der Waals surface area (Å²) in [4.78, 5) is 44.3. The number of unbranched alkanes of at least 4 members (excludes halogenated alkanes) is 24. The fourth-order valence-corrected chi connectivity index (χ4v) is 8.82. The molecule has 63 heavy (non-hydrogen) atoms. The second kappa shape index (κ2) is 41.0. The Bertz CT molecular complexity index is 1180. The van der Waals surface area contributed by atoms with E-state index in [9.17, 15) is 14.4 Å². The van der Waals surface area contributed by atoms with Crippen molar-refractivity contribution in [3.63, 3.8) is 0 Å². The average Bonchev–Trinajstić information content (AvgIpc) is 3.95. The van der Waals surface area contributed by atoms with Crippen molar-refractivity contribution in [3.8, 4) is 0 Å². The van der Waals surface area contributed by atoms with Crippen molar-refractivity contribution < 1.29 is 33.3 Å². The zero-order valence-corrected chi connectivity index (χ0v) is 41.2. The summed E-state index contributed by atoms with van der Waals surface area (Å²) in [5.41, 5.74) is 0. The second-order valence-electron chi connectivity index (χ2n) is 18.7. The number of likely N-dealkylation sites (tertiary alicyclic amines) is 1. The van der Waals surface area contributed by atoms with Gasteiger partial charge in [-0.15, -0.1) is 0 Å². The van der Waals surface area contributed by atoms with Crippen molar-refractivity contribution in [3.05, 3.63) is 18.7 Å². The summed E-state index contributed by atoms with van der Waals surface area (Å²) in [5.74, 6) is -0.259. The number of rotatable bonds is 45. The Labute approximate surface area is 386 Å². The first-order valence-electron chi connectivity index (χ1n) is 26.8. The highest BCUT2D eigenvalue weighted by atomic mass is 16.5. The Balaban J connectivity index is 1.63. The van der Waals surface area contributed by atoms with Gasteiger partial charge in [-0.2, -0.15) is 0 Å². The van der Waals surface area contributed by atoms with E-state index in [0.29, 0.717) is 52.2 Å². The van der Waals surface area contributed by atoms with E-state index < -0.39 is 0 Å². The molecule has 2 atom stereocenters. The molecular formula is C53H97N3O7. The van der Waals surface area contributed by atoms with Crippen LogP contribution < -0.4 is 0 Å². The lowest BCUT2D eigenvalue weighted by Crippen LogP contribution is -2.34. The number of imidazole rings is 1. The molecule has 0 N–H and O–H groups in total. The van der Waals surface area contributed by atoms with Crippen molar-refractivity contribution in [1.29, 1.82) is 0 Å². The van der Waals surface area contributed by atoms with E-state index in [0.717, 1.165) is 90.0 Å². The minimum absolute atomic E-state index is 0.00862. The Hall–Kier alpha value is -2.46. The maximum Gasteiger partial charge on any atom is 0.307 e. The van der Waals surface area contributed by atoms with E-state index in [1.807, 2.05) is 10.8 Å². The quantitative estimate of drug-likeness (QED) is 0.0359. The zero-order valence-electron chi connectivity index (χ0n) is 41.2. The van der Waals surface area contributed by atoms with Crippen LogP contribution in [0.3, 0.4) is 0 Å². The predicted octanol–water partition coefficient (Wildman–Crippen LogP) is 13.7. The average molecular weight is 888 g/mol. The second-order valence-corrected chi connectivity index (χ2v) is 18.7. The van der Waals surface area contributed by atoms with Gasteiger partial charge in [0.05, 0.1) is 26.0 Å². The molecule has 2 heterocycles. The van der Waals surface area contributed by atoms with Gasteiger partial charge in [0.25, 0.3) is 0 Å². The Morgan fingerprint density at radius 1 is 0.571 bits per heavy atom. The number of aryl methyl sites for hydroxylation is 1. The zero-order chi connectivity index (χ0) is 45.3. The van der Waals surface area contributed by atoms with Crippen LogP contribution in [0.25, 0.3) is 0 Å². The van der Waals surface area contributed by atoms with Gasteiger partial charge >= 0.3 is 17.9 Å². The predicted molar refractivity (Wildman–Crippen MR) is 258 cm³/mol.